The first-order valence-electron chi connectivity index (χ1n) is 5.70. The Kier molecular flexibility index (Phi) is 5.81. The summed E-state index contributed by atoms with van der Waals surface area (Å²) in [6.07, 6.45) is 2.35. The lowest BCUT2D eigenvalue weighted by molar-refractivity contribution is 0.422. The van der Waals surface area contributed by atoms with E-state index in [2.05, 4.69) is 41.2 Å². The molecule has 0 aliphatic rings. The van der Waals surface area contributed by atoms with Gasteiger partial charge in [0.1, 0.15) is 0 Å². The molecule has 1 N–H and O–H groups in total. The van der Waals surface area contributed by atoms with Crippen LogP contribution in [0.5, 0.6) is 0 Å². The minimum atomic E-state index is 0.389. The second kappa shape index (κ2) is 6.63. The molecule has 0 amide bonds. The molecular formula is C13H19BrClN. The second-order valence-corrected chi connectivity index (χ2v) is 5.53. The van der Waals surface area contributed by atoms with Crippen LogP contribution in [0, 0.1) is 5.92 Å². The first-order chi connectivity index (χ1) is 7.58. The highest BCUT2D eigenvalue weighted by molar-refractivity contribution is 9.10. The minimum absolute atomic E-state index is 0.389. The van der Waals surface area contributed by atoms with E-state index in [0.717, 1.165) is 21.8 Å². The van der Waals surface area contributed by atoms with Gasteiger partial charge >= 0.3 is 0 Å². The van der Waals surface area contributed by atoms with Crippen LogP contribution >= 0.6 is 27.5 Å². The van der Waals surface area contributed by atoms with E-state index in [1.165, 1.54) is 12.0 Å². The third-order valence-electron chi connectivity index (χ3n) is 3.03. The molecular weight excluding hydrogens is 286 g/mol. The maximum absolute atomic E-state index is 6.11. The highest BCUT2D eigenvalue weighted by atomic mass is 79.9. The predicted octanol–water partition coefficient (Wildman–Crippen LogP) is 4.80. The number of halogens is 2. The number of hydrogen-bond acceptors (Lipinski definition) is 1. The van der Waals surface area contributed by atoms with Crippen LogP contribution in [-0.2, 0) is 0 Å². The summed E-state index contributed by atoms with van der Waals surface area (Å²) >= 11 is 9.52. The predicted molar refractivity (Wildman–Crippen MR) is 75.0 cm³/mol. The average Bonchev–Trinajstić information content (AvgIpc) is 2.29. The maximum atomic E-state index is 6.11. The van der Waals surface area contributed by atoms with Crippen molar-refractivity contribution >= 4 is 27.5 Å². The van der Waals surface area contributed by atoms with Crippen molar-refractivity contribution in [2.45, 2.75) is 32.7 Å². The summed E-state index contributed by atoms with van der Waals surface area (Å²) in [5.41, 5.74) is 1.26. The Balaban J connectivity index is 2.82. The number of benzene rings is 1. The molecule has 0 radical (unpaired) electrons. The molecule has 2 atom stereocenters. The van der Waals surface area contributed by atoms with Crippen molar-refractivity contribution < 1.29 is 0 Å². The van der Waals surface area contributed by atoms with E-state index in [-0.39, 0.29) is 0 Å². The molecule has 2 unspecified atom stereocenters. The van der Waals surface area contributed by atoms with Gasteiger partial charge in [0.05, 0.1) is 5.02 Å². The molecule has 1 nitrogen and oxygen atoms in total. The summed E-state index contributed by atoms with van der Waals surface area (Å²) < 4.78 is 0.955. The van der Waals surface area contributed by atoms with Crippen molar-refractivity contribution in [2.75, 3.05) is 7.05 Å². The largest absolute Gasteiger partial charge is 0.313 e. The lowest BCUT2D eigenvalue weighted by Crippen LogP contribution is -2.18. The molecule has 0 aromatic heterocycles. The van der Waals surface area contributed by atoms with E-state index in [9.17, 15) is 0 Å². The standard InChI is InChI=1S/C13H19BrClN/c1-4-9(2)7-13(16-3)10-5-6-11(14)12(15)8-10/h5-6,8-9,13,16H,4,7H2,1-3H3. The quantitative estimate of drug-likeness (QED) is 0.824. The Labute approximate surface area is 112 Å². The molecule has 0 bridgehead atoms. The van der Waals surface area contributed by atoms with Crippen LogP contribution in [0.3, 0.4) is 0 Å². The summed E-state index contributed by atoms with van der Waals surface area (Å²) in [5.74, 6) is 0.722. The zero-order chi connectivity index (χ0) is 12.1. The van der Waals surface area contributed by atoms with Gasteiger partial charge in [0.2, 0.25) is 0 Å². The SMILES string of the molecule is CCC(C)CC(NC)c1ccc(Br)c(Cl)c1. The van der Waals surface area contributed by atoms with E-state index in [0.29, 0.717) is 6.04 Å². The third-order valence-corrected chi connectivity index (χ3v) is 4.26. The fourth-order valence-electron chi connectivity index (χ4n) is 1.72. The van der Waals surface area contributed by atoms with Crippen LogP contribution in [0.2, 0.25) is 5.02 Å². The normalized spacial score (nSPS) is 14.8. The van der Waals surface area contributed by atoms with Gasteiger partial charge in [-0.15, -0.1) is 0 Å². The van der Waals surface area contributed by atoms with Crippen LogP contribution in [-0.4, -0.2) is 7.05 Å². The van der Waals surface area contributed by atoms with Crippen molar-refractivity contribution in [1.82, 2.24) is 5.32 Å². The number of hydrogen-bond donors (Lipinski definition) is 1. The molecule has 3 heteroatoms. The van der Waals surface area contributed by atoms with Gasteiger partial charge in [0.25, 0.3) is 0 Å². The lowest BCUT2D eigenvalue weighted by Gasteiger charge is -2.20. The first-order valence-corrected chi connectivity index (χ1v) is 6.87. The molecule has 1 aromatic rings. The Hall–Kier alpha value is -0.0500. The molecule has 0 aliphatic carbocycles. The molecule has 1 rings (SSSR count). The first kappa shape index (κ1) is 14.0. The molecule has 0 heterocycles. The molecule has 0 aliphatic heterocycles. The van der Waals surface area contributed by atoms with E-state index < -0.39 is 0 Å². The molecule has 0 saturated carbocycles. The van der Waals surface area contributed by atoms with Crippen molar-refractivity contribution in [3.63, 3.8) is 0 Å². The van der Waals surface area contributed by atoms with Gasteiger partial charge in [-0.3, -0.25) is 0 Å². The van der Waals surface area contributed by atoms with Gasteiger partial charge in [0, 0.05) is 10.5 Å². The molecule has 16 heavy (non-hydrogen) atoms. The Morgan fingerprint density at radius 1 is 1.44 bits per heavy atom. The Morgan fingerprint density at radius 3 is 2.62 bits per heavy atom. The van der Waals surface area contributed by atoms with Crippen molar-refractivity contribution in [2.24, 2.45) is 5.92 Å². The molecule has 0 fully saturated rings. The van der Waals surface area contributed by atoms with Crippen molar-refractivity contribution in [3.05, 3.63) is 33.3 Å². The smallest absolute Gasteiger partial charge is 0.0551 e. The van der Waals surface area contributed by atoms with Gasteiger partial charge in [0.15, 0.2) is 0 Å². The van der Waals surface area contributed by atoms with Crippen LogP contribution in [0.15, 0.2) is 22.7 Å². The van der Waals surface area contributed by atoms with Crippen molar-refractivity contribution in [3.8, 4) is 0 Å². The van der Waals surface area contributed by atoms with Crippen LogP contribution < -0.4 is 5.32 Å². The fourth-order valence-corrected chi connectivity index (χ4v) is 2.15. The zero-order valence-corrected chi connectivity index (χ0v) is 12.4. The highest BCUT2D eigenvalue weighted by Crippen LogP contribution is 2.29. The summed E-state index contributed by atoms with van der Waals surface area (Å²) in [7, 11) is 2.00. The van der Waals surface area contributed by atoms with Gasteiger partial charge < -0.3 is 5.32 Å². The Morgan fingerprint density at radius 2 is 2.12 bits per heavy atom. The molecule has 0 spiro atoms. The number of nitrogens with one attached hydrogen (secondary N) is 1. The van der Waals surface area contributed by atoms with Gasteiger partial charge in [-0.2, -0.15) is 0 Å². The van der Waals surface area contributed by atoms with Gasteiger partial charge in [-0.05, 0) is 53.0 Å². The lowest BCUT2D eigenvalue weighted by atomic mass is 9.94. The molecule has 90 valence electrons. The summed E-state index contributed by atoms with van der Waals surface area (Å²) in [4.78, 5) is 0. The molecule has 1 aromatic carbocycles. The average molecular weight is 305 g/mol. The van der Waals surface area contributed by atoms with E-state index in [1.807, 2.05) is 19.2 Å². The monoisotopic (exact) mass is 303 g/mol. The fraction of sp³-hybridized carbons (Fsp3) is 0.538. The van der Waals surface area contributed by atoms with Crippen LogP contribution in [0.25, 0.3) is 0 Å². The second-order valence-electron chi connectivity index (χ2n) is 4.26. The zero-order valence-electron chi connectivity index (χ0n) is 10.1. The maximum Gasteiger partial charge on any atom is 0.0551 e. The Bertz CT molecular complexity index is 341. The summed E-state index contributed by atoms with van der Waals surface area (Å²) in [6.45, 7) is 4.51. The summed E-state index contributed by atoms with van der Waals surface area (Å²) in [5, 5.41) is 4.14. The van der Waals surface area contributed by atoms with Crippen molar-refractivity contribution in [1.29, 1.82) is 0 Å². The number of rotatable bonds is 5. The van der Waals surface area contributed by atoms with E-state index >= 15 is 0 Å². The van der Waals surface area contributed by atoms with Gasteiger partial charge in [-0.25, -0.2) is 0 Å². The van der Waals surface area contributed by atoms with Crippen LogP contribution in [0.1, 0.15) is 38.3 Å². The van der Waals surface area contributed by atoms with E-state index in [4.69, 9.17) is 11.6 Å². The minimum Gasteiger partial charge on any atom is -0.313 e. The van der Waals surface area contributed by atoms with Crippen LogP contribution in [0.4, 0.5) is 0 Å². The van der Waals surface area contributed by atoms with E-state index in [1.54, 1.807) is 0 Å². The molecule has 0 saturated heterocycles. The third kappa shape index (κ3) is 3.76. The van der Waals surface area contributed by atoms with Gasteiger partial charge in [-0.1, -0.05) is 37.9 Å². The highest BCUT2D eigenvalue weighted by Gasteiger charge is 2.13. The summed E-state index contributed by atoms with van der Waals surface area (Å²) in [6, 6.07) is 6.56. The topological polar surface area (TPSA) is 12.0 Å².